The van der Waals surface area contributed by atoms with Gasteiger partial charge in [-0.05, 0) is 104 Å². The van der Waals surface area contributed by atoms with Crippen LogP contribution >= 0.6 is 11.9 Å². The summed E-state index contributed by atoms with van der Waals surface area (Å²) in [5, 5.41) is 14.1. The summed E-state index contributed by atoms with van der Waals surface area (Å²) in [7, 11) is 3.16. The number of amides is 3. The average Bonchev–Trinajstić information content (AvgIpc) is 3.22. The minimum atomic E-state index is -0.409. The number of fused-ring (bicyclic) bond motifs is 4. The van der Waals surface area contributed by atoms with Gasteiger partial charge in [-0.15, -0.1) is 0 Å². The topological polar surface area (TPSA) is 138 Å². The van der Waals surface area contributed by atoms with Gasteiger partial charge in [0.1, 0.15) is 23.1 Å². The normalized spacial score (nSPS) is 17.3. The number of nitrogens with one attached hydrogen (secondary N) is 5. The summed E-state index contributed by atoms with van der Waals surface area (Å²) in [5.74, 6) is 2.60. The van der Waals surface area contributed by atoms with Crippen molar-refractivity contribution in [3.8, 4) is 23.0 Å². The van der Waals surface area contributed by atoms with Gasteiger partial charge in [0.25, 0.3) is 5.91 Å². The molecule has 8 rings (SSSR count). The molecule has 3 amide bonds. The van der Waals surface area contributed by atoms with Crippen molar-refractivity contribution >= 4 is 63.2 Å². The first-order valence-electron chi connectivity index (χ1n) is 19.7. The minimum absolute atomic E-state index is 0.139. The van der Waals surface area contributed by atoms with E-state index in [0.29, 0.717) is 63.4 Å². The number of hydrogen-bond donors (Lipinski definition) is 5. The van der Waals surface area contributed by atoms with Gasteiger partial charge in [0.05, 0.1) is 36.8 Å². The number of carbonyl (C=O) groups excluding carboxylic acids is 2. The van der Waals surface area contributed by atoms with Gasteiger partial charge in [-0.1, -0.05) is 57.0 Å². The Morgan fingerprint density at radius 1 is 0.828 bits per heavy atom. The monoisotopic (exact) mass is 803 g/mol. The Kier molecular flexibility index (Phi) is 12.2. The fourth-order valence-corrected chi connectivity index (χ4v) is 8.26. The summed E-state index contributed by atoms with van der Waals surface area (Å²) in [6.45, 7) is 10.5. The zero-order valence-electron chi connectivity index (χ0n) is 34.1. The van der Waals surface area contributed by atoms with E-state index in [1.807, 2.05) is 60.9 Å². The Morgan fingerprint density at radius 3 is 2.26 bits per heavy atom. The lowest BCUT2D eigenvalue weighted by Gasteiger charge is -2.48. The maximum absolute atomic E-state index is 13.5. The molecule has 13 heteroatoms. The van der Waals surface area contributed by atoms with E-state index >= 15 is 0 Å². The summed E-state index contributed by atoms with van der Waals surface area (Å²) < 4.78 is 21.1. The van der Waals surface area contributed by atoms with Gasteiger partial charge in [0, 0.05) is 47.6 Å². The molecule has 0 spiro atoms. The van der Waals surface area contributed by atoms with Crippen LogP contribution in [0.3, 0.4) is 0 Å². The van der Waals surface area contributed by atoms with Gasteiger partial charge in [-0.3, -0.25) is 4.79 Å². The molecule has 4 heterocycles. The van der Waals surface area contributed by atoms with Crippen molar-refractivity contribution in [2.24, 2.45) is 5.41 Å². The van der Waals surface area contributed by atoms with E-state index in [4.69, 9.17) is 14.2 Å². The predicted octanol–water partition coefficient (Wildman–Crippen LogP) is 10.0. The third kappa shape index (κ3) is 9.21. The van der Waals surface area contributed by atoms with Crippen LogP contribution in [0.2, 0.25) is 0 Å². The highest BCUT2D eigenvalue weighted by atomic mass is 32.2. The number of piperidine rings is 3. The molecule has 58 heavy (non-hydrogen) atoms. The highest BCUT2D eigenvalue weighted by Crippen LogP contribution is 2.43. The number of benzene rings is 4. The molecule has 0 saturated carbocycles. The first-order valence-corrected chi connectivity index (χ1v) is 20.9. The van der Waals surface area contributed by atoms with Crippen molar-refractivity contribution in [3.05, 3.63) is 96.2 Å². The van der Waals surface area contributed by atoms with Gasteiger partial charge in [0.2, 0.25) is 0 Å². The van der Waals surface area contributed by atoms with Crippen LogP contribution in [0.1, 0.15) is 62.4 Å². The van der Waals surface area contributed by atoms with Crippen molar-refractivity contribution in [2.45, 2.75) is 51.9 Å². The molecule has 0 atom stereocenters. The highest BCUT2D eigenvalue weighted by molar-refractivity contribution is 7.99. The number of nitrogens with zero attached hydrogens (tertiary/aromatic N) is 2. The van der Waals surface area contributed by atoms with Crippen molar-refractivity contribution in [1.29, 1.82) is 0 Å². The van der Waals surface area contributed by atoms with E-state index in [1.165, 1.54) is 50.8 Å². The molecule has 3 aliphatic heterocycles. The van der Waals surface area contributed by atoms with Crippen molar-refractivity contribution < 1.29 is 23.8 Å². The second kappa shape index (κ2) is 17.5. The van der Waals surface area contributed by atoms with Crippen molar-refractivity contribution in [1.82, 2.24) is 15.2 Å². The van der Waals surface area contributed by atoms with Crippen LogP contribution in [0.5, 0.6) is 23.0 Å². The third-order valence-electron chi connectivity index (χ3n) is 11.2. The number of rotatable bonds is 14. The second-order valence-electron chi connectivity index (χ2n) is 16.0. The lowest BCUT2D eigenvalue weighted by Crippen LogP contribution is -2.49. The molecule has 304 valence electrons. The number of urea groups is 1. The van der Waals surface area contributed by atoms with Crippen LogP contribution < -0.4 is 40.2 Å². The SMILES string of the molecule is COc1cc(Nc2cc(Oc3ccc(NC(=O)Nc4cc(C(C)(C)C)cc(NSC)c4OC)c4ccccc34)ccn2)ccc1C(=O)NCCC12CCN(CC1)CC2. The molecule has 2 bridgehead atoms. The number of aromatic nitrogens is 1. The maximum Gasteiger partial charge on any atom is 0.323 e. The van der Waals surface area contributed by atoms with E-state index in [9.17, 15) is 9.59 Å². The molecule has 0 aliphatic carbocycles. The van der Waals surface area contributed by atoms with Crippen LogP contribution in [-0.4, -0.2) is 68.5 Å². The molecule has 12 nitrogen and oxygen atoms in total. The number of carbonyl (C=O) groups is 2. The molecule has 4 aromatic carbocycles. The number of methoxy groups -OCH3 is 2. The van der Waals surface area contributed by atoms with Crippen LogP contribution in [0.25, 0.3) is 10.8 Å². The number of hydrogen-bond acceptors (Lipinski definition) is 10. The average molecular weight is 804 g/mol. The Balaban J connectivity index is 1.02. The molecule has 5 N–H and O–H groups in total. The fourth-order valence-electron chi connectivity index (χ4n) is 7.89. The lowest BCUT2D eigenvalue weighted by molar-refractivity contribution is 0.0202. The highest BCUT2D eigenvalue weighted by Gasteiger charge is 2.38. The van der Waals surface area contributed by atoms with Gasteiger partial charge in [0.15, 0.2) is 5.75 Å². The van der Waals surface area contributed by atoms with E-state index in [-0.39, 0.29) is 11.3 Å². The summed E-state index contributed by atoms with van der Waals surface area (Å²) in [4.78, 5) is 33.8. The quantitative estimate of drug-likeness (QED) is 0.0690. The third-order valence-corrected chi connectivity index (χ3v) is 11.7. The van der Waals surface area contributed by atoms with Gasteiger partial charge in [-0.2, -0.15) is 0 Å². The Morgan fingerprint density at radius 2 is 1.55 bits per heavy atom. The lowest BCUT2D eigenvalue weighted by atomic mass is 9.70. The second-order valence-corrected chi connectivity index (χ2v) is 16.6. The standard InChI is InChI=1S/C45H53N7O5S/c1-44(2,3)29-25-36(41(56-5)37(26-29)51-58-6)50-43(54)49-35-13-14-38(33-10-8-7-9-32(33)35)57-31-15-20-46-40(28-31)48-30-11-12-34(39(27-30)55-4)42(53)47-21-16-45-17-22-52(23-18-45)24-19-45/h7-15,20,25-28,51H,16-19,21-24H2,1-6H3,(H,46,48)(H,47,53)(H2,49,50,54). The first kappa shape index (κ1) is 40.5. The molecule has 1 aromatic heterocycles. The molecule has 0 unspecified atom stereocenters. The summed E-state index contributed by atoms with van der Waals surface area (Å²) in [6.07, 6.45) is 8.26. The summed E-state index contributed by atoms with van der Waals surface area (Å²) >= 11 is 1.45. The molecule has 0 radical (unpaired) electrons. The van der Waals surface area contributed by atoms with Gasteiger partial charge in [-0.25, -0.2) is 9.78 Å². The molecule has 5 aromatic rings. The zero-order valence-corrected chi connectivity index (χ0v) is 34.9. The zero-order chi connectivity index (χ0) is 40.9. The van der Waals surface area contributed by atoms with E-state index in [2.05, 4.69) is 56.6 Å². The van der Waals surface area contributed by atoms with E-state index < -0.39 is 6.03 Å². The van der Waals surface area contributed by atoms with Crippen LogP contribution in [0, 0.1) is 5.41 Å². The summed E-state index contributed by atoms with van der Waals surface area (Å²) in [5.41, 5.74) is 4.41. The van der Waals surface area contributed by atoms with Crippen molar-refractivity contribution in [2.75, 3.05) is 67.3 Å². The number of ether oxygens (including phenoxy) is 3. The van der Waals surface area contributed by atoms with Gasteiger partial charge >= 0.3 is 6.03 Å². The van der Waals surface area contributed by atoms with Crippen molar-refractivity contribution in [3.63, 3.8) is 0 Å². The largest absolute Gasteiger partial charge is 0.496 e. The van der Waals surface area contributed by atoms with Crippen LogP contribution in [-0.2, 0) is 5.41 Å². The number of anilines is 5. The van der Waals surface area contributed by atoms with Crippen LogP contribution in [0.4, 0.5) is 33.4 Å². The molecular weight excluding hydrogens is 751 g/mol. The van der Waals surface area contributed by atoms with Gasteiger partial charge < -0.3 is 45.1 Å². The molecular formula is C45H53N7O5S. The van der Waals surface area contributed by atoms with E-state index in [0.717, 1.165) is 28.4 Å². The Hall–Kier alpha value is -5.66. The Labute approximate surface area is 344 Å². The smallest absolute Gasteiger partial charge is 0.323 e. The molecule has 3 saturated heterocycles. The molecule has 3 aliphatic rings. The van der Waals surface area contributed by atoms with E-state index in [1.54, 1.807) is 44.7 Å². The Bertz CT molecular complexity index is 2270. The minimum Gasteiger partial charge on any atom is -0.496 e. The fraction of sp³-hybridized carbons (Fsp3) is 0.356. The number of pyridine rings is 1. The van der Waals surface area contributed by atoms with Crippen LogP contribution in [0.15, 0.2) is 85.1 Å². The first-order chi connectivity index (χ1) is 28.0. The molecule has 3 fully saturated rings. The summed E-state index contributed by atoms with van der Waals surface area (Å²) in [6, 6.07) is 24.0. The maximum atomic E-state index is 13.5. The predicted molar refractivity (Wildman–Crippen MR) is 236 cm³/mol.